The SMILES string of the molecule is CCOC(=O)C1CCCN(C(=O)CC(O)(c2nccn2C)C(F)(F)F)C1. The molecule has 146 valence electrons. The van der Waals surface area contributed by atoms with Crippen molar-refractivity contribution in [3.63, 3.8) is 0 Å². The van der Waals surface area contributed by atoms with Crippen molar-refractivity contribution in [2.24, 2.45) is 13.0 Å². The van der Waals surface area contributed by atoms with Gasteiger partial charge in [-0.2, -0.15) is 13.2 Å². The van der Waals surface area contributed by atoms with Gasteiger partial charge in [-0.3, -0.25) is 9.59 Å². The van der Waals surface area contributed by atoms with E-state index in [0.29, 0.717) is 12.8 Å². The predicted molar refractivity (Wildman–Crippen MR) is 83.7 cm³/mol. The molecule has 1 amide bonds. The third kappa shape index (κ3) is 4.00. The molecule has 1 fully saturated rings. The summed E-state index contributed by atoms with van der Waals surface area (Å²) in [6.07, 6.45) is -2.93. The number of aryl methyl sites for hydroxylation is 1. The number of esters is 1. The van der Waals surface area contributed by atoms with E-state index in [4.69, 9.17) is 4.74 Å². The number of aliphatic hydroxyl groups is 1. The Bertz CT molecular complexity index is 661. The predicted octanol–water partition coefficient (Wildman–Crippen LogP) is 1.36. The van der Waals surface area contributed by atoms with Gasteiger partial charge in [-0.05, 0) is 19.8 Å². The first-order valence-electron chi connectivity index (χ1n) is 8.31. The number of carbonyl (C=O) groups is 2. The lowest BCUT2D eigenvalue weighted by atomic mass is 9.94. The first kappa shape index (κ1) is 20.2. The van der Waals surface area contributed by atoms with Crippen molar-refractivity contribution in [1.29, 1.82) is 0 Å². The molecule has 7 nitrogen and oxygen atoms in total. The molecule has 1 saturated heterocycles. The first-order valence-corrected chi connectivity index (χ1v) is 8.31. The summed E-state index contributed by atoms with van der Waals surface area (Å²) < 4.78 is 46.5. The fourth-order valence-corrected chi connectivity index (χ4v) is 3.06. The van der Waals surface area contributed by atoms with E-state index < -0.39 is 41.8 Å². The average molecular weight is 377 g/mol. The van der Waals surface area contributed by atoms with Gasteiger partial charge in [0.25, 0.3) is 0 Å². The van der Waals surface area contributed by atoms with Crippen LogP contribution in [0.15, 0.2) is 12.4 Å². The zero-order valence-electron chi connectivity index (χ0n) is 14.6. The summed E-state index contributed by atoms with van der Waals surface area (Å²) in [5.74, 6) is -2.58. The van der Waals surface area contributed by atoms with Crippen molar-refractivity contribution in [3.05, 3.63) is 18.2 Å². The van der Waals surface area contributed by atoms with Crippen LogP contribution in [0.2, 0.25) is 0 Å². The largest absolute Gasteiger partial charge is 0.466 e. The van der Waals surface area contributed by atoms with E-state index >= 15 is 0 Å². The molecule has 2 rings (SSSR count). The van der Waals surface area contributed by atoms with E-state index in [2.05, 4.69) is 4.98 Å². The summed E-state index contributed by atoms with van der Waals surface area (Å²) in [4.78, 5) is 29.0. The number of carbonyl (C=O) groups excluding carboxylic acids is 2. The van der Waals surface area contributed by atoms with Gasteiger partial charge in [0.15, 0.2) is 5.82 Å². The number of nitrogens with zero attached hydrogens (tertiary/aromatic N) is 3. The molecule has 1 aliphatic heterocycles. The number of aromatic nitrogens is 2. The molecule has 1 N–H and O–H groups in total. The van der Waals surface area contributed by atoms with Gasteiger partial charge in [0.05, 0.1) is 18.9 Å². The average Bonchev–Trinajstić information content (AvgIpc) is 3.00. The van der Waals surface area contributed by atoms with Crippen molar-refractivity contribution in [1.82, 2.24) is 14.5 Å². The number of rotatable bonds is 5. The van der Waals surface area contributed by atoms with Gasteiger partial charge in [-0.25, -0.2) is 4.98 Å². The van der Waals surface area contributed by atoms with Crippen LogP contribution in [0.25, 0.3) is 0 Å². The fraction of sp³-hybridized carbons (Fsp3) is 0.688. The van der Waals surface area contributed by atoms with Gasteiger partial charge >= 0.3 is 12.1 Å². The van der Waals surface area contributed by atoms with Crippen molar-refractivity contribution in [2.45, 2.75) is 38.0 Å². The highest BCUT2D eigenvalue weighted by Gasteiger charge is 2.59. The monoisotopic (exact) mass is 377 g/mol. The number of amides is 1. The van der Waals surface area contributed by atoms with E-state index in [1.165, 1.54) is 18.1 Å². The molecule has 0 bridgehead atoms. The van der Waals surface area contributed by atoms with Crippen LogP contribution in [-0.4, -0.2) is 57.3 Å². The third-order valence-electron chi connectivity index (χ3n) is 4.46. The minimum Gasteiger partial charge on any atom is -0.466 e. The Morgan fingerprint density at radius 3 is 2.65 bits per heavy atom. The third-order valence-corrected chi connectivity index (χ3v) is 4.46. The lowest BCUT2D eigenvalue weighted by molar-refractivity contribution is -0.272. The summed E-state index contributed by atoms with van der Waals surface area (Å²) in [6.45, 7) is 2.05. The van der Waals surface area contributed by atoms with Crippen molar-refractivity contribution >= 4 is 11.9 Å². The molecule has 2 atom stereocenters. The number of imidazole rings is 1. The van der Waals surface area contributed by atoms with Crippen molar-refractivity contribution in [3.8, 4) is 0 Å². The minimum atomic E-state index is -5.09. The van der Waals surface area contributed by atoms with E-state index in [1.54, 1.807) is 6.92 Å². The second-order valence-electron chi connectivity index (χ2n) is 6.33. The number of hydrogen-bond acceptors (Lipinski definition) is 5. The Hall–Kier alpha value is -2.10. The molecule has 0 spiro atoms. The Labute approximate surface area is 148 Å². The Morgan fingerprint density at radius 1 is 1.42 bits per heavy atom. The van der Waals surface area contributed by atoms with Crippen LogP contribution >= 0.6 is 0 Å². The molecule has 0 aromatic carbocycles. The van der Waals surface area contributed by atoms with Crippen LogP contribution < -0.4 is 0 Å². The number of ether oxygens (including phenoxy) is 1. The smallest absolute Gasteiger partial charge is 0.425 e. The molecule has 1 aliphatic rings. The molecule has 2 unspecified atom stereocenters. The van der Waals surface area contributed by atoms with Crippen molar-refractivity contribution in [2.75, 3.05) is 19.7 Å². The topological polar surface area (TPSA) is 84.7 Å². The number of halogens is 3. The van der Waals surface area contributed by atoms with Crippen LogP contribution in [0.4, 0.5) is 13.2 Å². The van der Waals surface area contributed by atoms with Gasteiger partial charge in [0.1, 0.15) is 0 Å². The van der Waals surface area contributed by atoms with E-state index in [0.717, 1.165) is 10.8 Å². The van der Waals surface area contributed by atoms with Crippen molar-refractivity contribution < 1.29 is 32.6 Å². The molecule has 0 aliphatic carbocycles. The Balaban J connectivity index is 2.17. The maximum atomic E-state index is 13.5. The first-order chi connectivity index (χ1) is 12.1. The van der Waals surface area contributed by atoms with Crippen LogP contribution in [0.5, 0.6) is 0 Å². The number of likely N-dealkylation sites (tertiary alicyclic amines) is 1. The summed E-state index contributed by atoms with van der Waals surface area (Å²) in [5.41, 5.74) is -3.40. The quantitative estimate of drug-likeness (QED) is 0.784. The maximum absolute atomic E-state index is 13.5. The van der Waals surface area contributed by atoms with Gasteiger partial charge in [0, 0.05) is 32.5 Å². The molecule has 1 aromatic rings. The summed E-state index contributed by atoms with van der Waals surface area (Å²) >= 11 is 0. The van der Waals surface area contributed by atoms with Crippen LogP contribution in [-0.2, 0) is 27.0 Å². The number of hydrogen-bond donors (Lipinski definition) is 1. The van der Waals surface area contributed by atoms with Crippen LogP contribution in [0, 0.1) is 5.92 Å². The Kier molecular flexibility index (Phi) is 5.94. The second-order valence-corrected chi connectivity index (χ2v) is 6.33. The molecule has 10 heteroatoms. The van der Waals surface area contributed by atoms with E-state index in [9.17, 15) is 27.9 Å². The molecule has 1 aromatic heterocycles. The highest BCUT2D eigenvalue weighted by molar-refractivity contribution is 5.79. The normalized spacial score (nSPS) is 20.5. The molecular weight excluding hydrogens is 355 g/mol. The van der Waals surface area contributed by atoms with Gasteiger partial charge in [-0.1, -0.05) is 0 Å². The highest BCUT2D eigenvalue weighted by Crippen LogP contribution is 2.41. The maximum Gasteiger partial charge on any atom is 0.425 e. The summed E-state index contributed by atoms with van der Waals surface area (Å²) in [6, 6.07) is 0. The van der Waals surface area contributed by atoms with Gasteiger partial charge < -0.3 is 19.3 Å². The number of piperidine rings is 1. The molecule has 0 radical (unpaired) electrons. The zero-order chi connectivity index (χ0) is 19.5. The minimum absolute atomic E-state index is 0.0217. The molecule has 0 saturated carbocycles. The van der Waals surface area contributed by atoms with Crippen LogP contribution in [0.1, 0.15) is 32.0 Å². The van der Waals surface area contributed by atoms with E-state index in [-0.39, 0.29) is 19.7 Å². The van der Waals surface area contributed by atoms with E-state index in [1.807, 2.05) is 0 Å². The second kappa shape index (κ2) is 7.65. The molecule has 26 heavy (non-hydrogen) atoms. The lowest BCUT2D eigenvalue weighted by Gasteiger charge is -2.35. The fourth-order valence-electron chi connectivity index (χ4n) is 3.06. The summed E-state index contributed by atoms with van der Waals surface area (Å²) in [7, 11) is 1.31. The molecule has 2 heterocycles. The summed E-state index contributed by atoms with van der Waals surface area (Å²) in [5, 5.41) is 10.3. The molecular formula is C16H22F3N3O4. The van der Waals surface area contributed by atoms with Gasteiger partial charge in [-0.15, -0.1) is 0 Å². The highest BCUT2D eigenvalue weighted by atomic mass is 19.4. The lowest BCUT2D eigenvalue weighted by Crippen LogP contribution is -2.50. The Morgan fingerprint density at radius 2 is 2.12 bits per heavy atom. The van der Waals surface area contributed by atoms with Gasteiger partial charge in [0.2, 0.25) is 11.5 Å². The standard InChI is InChI=1S/C16H22F3N3O4/c1-3-26-13(24)11-5-4-7-22(10-11)12(23)9-15(25,16(17,18)19)14-20-6-8-21(14)2/h6,8,11,25H,3-5,7,9-10H2,1-2H3. The zero-order valence-corrected chi connectivity index (χ0v) is 14.6. The van der Waals surface area contributed by atoms with Crippen LogP contribution in [0.3, 0.4) is 0 Å². The number of alkyl halides is 3.